The van der Waals surface area contributed by atoms with Gasteiger partial charge in [0.05, 0.1) is 12.0 Å². The van der Waals surface area contributed by atoms with Gasteiger partial charge in [-0.25, -0.2) is 0 Å². The van der Waals surface area contributed by atoms with E-state index in [1.165, 1.54) is 12.8 Å². The quantitative estimate of drug-likeness (QED) is 0.694. The molecule has 1 aliphatic heterocycles. The summed E-state index contributed by atoms with van der Waals surface area (Å²) in [6, 6.07) is 0. The van der Waals surface area contributed by atoms with Gasteiger partial charge >= 0.3 is 5.97 Å². The largest absolute Gasteiger partial charge is 0.465 e. The van der Waals surface area contributed by atoms with Crippen molar-refractivity contribution >= 4 is 5.97 Å². The summed E-state index contributed by atoms with van der Waals surface area (Å²) in [6.45, 7) is 4.56. The van der Waals surface area contributed by atoms with Crippen molar-refractivity contribution in [3.63, 3.8) is 0 Å². The van der Waals surface area contributed by atoms with Crippen LogP contribution in [0.15, 0.2) is 0 Å². The SMILES string of the molecule is CC1(C(=O)OCC2CC2)CCNCC1. The van der Waals surface area contributed by atoms with Crippen molar-refractivity contribution in [1.29, 1.82) is 0 Å². The standard InChI is InChI=1S/C11H19NO2/c1-11(4-6-12-7-5-11)10(13)14-8-9-2-3-9/h9,12H,2-8H2,1H3. The highest BCUT2D eigenvalue weighted by Gasteiger charge is 2.37. The highest BCUT2D eigenvalue weighted by Crippen LogP contribution is 2.32. The number of esters is 1. The van der Waals surface area contributed by atoms with Gasteiger partial charge in [0.2, 0.25) is 0 Å². The second kappa shape index (κ2) is 3.89. The van der Waals surface area contributed by atoms with E-state index in [9.17, 15) is 4.79 Å². The molecule has 0 radical (unpaired) electrons. The van der Waals surface area contributed by atoms with Gasteiger partial charge in [-0.1, -0.05) is 0 Å². The molecule has 0 unspecified atom stereocenters. The number of nitrogens with one attached hydrogen (secondary N) is 1. The van der Waals surface area contributed by atoms with Crippen LogP contribution in [0.1, 0.15) is 32.6 Å². The lowest BCUT2D eigenvalue weighted by atomic mass is 9.81. The maximum Gasteiger partial charge on any atom is 0.311 e. The zero-order valence-corrected chi connectivity index (χ0v) is 8.84. The summed E-state index contributed by atoms with van der Waals surface area (Å²) in [7, 11) is 0. The molecule has 0 aromatic rings. The first-order valence-electron chi connectivity index (χ1n) is 5.59. The number of carbonyl (C=O) groups excluding carboxylic acids is 1. The Hall–Kier alpha value is -0.570. The van der Waals surface area contributed by atoms with Crippen LogP contribution in [0.4, 0.5) is 0 Å². The molecule has 14 heavy (non-hydrogen) atoms. The van der Waals surface area contributed by atoms with E-state index in [0.717, 1.165) is 25.9 Å². The Labute approximate surface area is 85.2 Å². The van der Waals surface area contributed by atoms with Crippen LogP contribution >= 0.6 is 0 Å². The summed E-state index contributed by atoms with van der Waals surface area (Å²) in [4.78, 5) is 11.8. The molecule has 2 aliphatic rings. The van der Waals surface area contributed by atoms with E-state index < -0.39 is 0 Å². The molecule has 0 amide bonds. The first-order chi connectivity index (χ1) is 6.71. The van der Waals surface area contributed by atoms with Crippen LogP contribution in [0.25, 0.3) is 0 Å². The molecule has 2 fully saturated rings. The number of rotatable bonds is 3. The Morgan fingerprint density at radius 3 is 2.64 bits per heavy atom. The van der Waals surface area contributed by atoms with Crippen molar-refractivity contribution in [3.05, 3.63) is 0 Å². The predicted octanol–water partition coefficient (Wildman–Crippen LogP) is 1.33. The fourth-order valence-electron chi connectivity index (χ4n) is 1.83. The molecule has 0 aromatic heterocycles. The summed E-state index contributed by atoms with van der Waals surface area (Å²) in [5.41, 5.74) is -0.222. The third-order valence-corrected chi connectivity index (χ3v) is 3.35. The highest BCUT2D eigenvalue weighted by molar-refractivity contribution is 5.76. The first kappa shape index (κ1) is 9.97. The number of hydrogen-bond donors (Lipinski definition) is 1. The maximum absolute atomic E-state index is 11.8. The fourth-order valence-corrected chi connectivity index (χ4v) is 1.83. The second-order valence-corrected chi connectivity index (χ2v) is 4.85. The zero-order chi connectivity index (χ0) is 10.0. The van der Waals surface area contributed by atoms with Crippen molar-refractivity contribution < 1.29 is 9.53 Å². The van der Waals surface area contributed by atoms with Crippen molar-refractivity contribution in [2.45, 2.75) is 32.6 Å². The van der Waals surface area contributed by atoms with Crippen LogP contribution in [0, 0.1) is 11.3 Å². The summed E-state index contributed by atoms with van der Waals surface area (Å²) in [5.74, 6) is 0.690. The third kappa shape index (κ3) is 2.27. The molecule has 1 saturated carbocycles. The van der Waals surface area contributed by atoms with Crippen LogP contribution < -0.4 is 5.32 Å². The Morgan fingerprint density at radius 2 is 2.07 bits per heavy atom. The molecule has 1 N–H and O–H groups in total. The molecular weight excluding hydrogens is 178 g/mol. The average Bonchev–Trinajstić information content (AvgIpc) is 2.99. The Balaban J connectivity index is 1.80. The topological polar surface area (TPSA) is 38.3 Å². The van der Waals surface area contributed by atoms with Gasteiger partial charge in [0.25, 0.3) is 0 Å². The molecule has 0 bridgehead atoms. The highest BCUT2D eigenvalue weighted by atomic mass is 16.5. The molecule has 3 nitrogen and oxygen atoms in total. The molecule has 1 saturated heterocycles. The van der Waals surface area contributed by atoms with E-state index in [1.54, 1.807) is 0 Å². The van der Waals surface area contributed by atoms with Crippen molar-refractivity contribution in [2.75, 3.05) is 19.7 Å². The van der Waals surface area contributed by atoms with Crippen LogP contribution in [0.2, 0.25) is 0 Å². The molecule has 1 heterocycles. The number of hydrogen-bond acceptors (Lipinski definition) is 3. The monoisotopic (exact) mass is 197 g/mol. The van der Waals surface area contributed by atoms with E-state index >= 15 is 0 Å². The van der Waals surface area contributed by atoms with Crippen molar-refractivity contribution in [1.82, 2.24) is 5.32 Å². The Morgan fingerprint density at radius 1 is 1.43 bits per heavy atom. The lowest BCUT2D eigenvalue weighted by Crippen LogP contribution is -2.41. The van der Waals surface area contributed by atoms with E-state index in [2.05, 4.69) is 5.32 Å². The molecule has 2 rings (SSSR count). The van der Waals surface area contributed by atoms with Gasteiger partial charge in [0, 0.05) is 0 Å². The second-order valence-electron chi connectivity index (χ2n) is 4.85. The zero-order valence-electron chi connectivity index (χ0n) is 8.84. The average molecular weight is 197 g/mol. The van der Waals surface area contributed by atoms with E-state index in [0.29, 0.717) is 12.5 Å². The van der Waals surface area contributed by atoms with Crippen molar-refractivity contribution in [3.8, 4) is 0 Å². The number of ether oxygens (including phenoxy) is 1. The maximum atomic E-state index is 11.8. The predicted molar refractivity (Wildman–Crippen MR) is 53.9 cm³/mol. The molecule has 0 atom stereocenters. The van der Waals surface area contributed by atoms with E-state index in [4.69, 9.17) is 4.74 Å². The minimum absolute atomic E-state index is 0.0194. The van der Waals surface area contributed by atoms with E-state index in [-0.39, 0.29) is 11.4 Å². The van der Waals surface area contributed by atoms with Crippen LogP contribution in [-0.4, -0.2) is 25.7 Å². The minimum atomic E-state index is -0.222. The van der Waals surface area contributed by atoms with Gasteiger partial charge < -0.3 is 10.1 Å². The molecule has 0 spiro atoms. The van der Waals surface area contributed by atoms with Crippen LogP contribution in [0.5, 0.6) is 0 Å². The Kier molecular flexibility index (Phi) is 2.77. The molecule has 1 aliphatic carbocycles. The molecule has 3 heteroatoms. The van der Waals surface area contributed by atoms with Gasteiger partial charge in [0.15, 0.2) is 0 Å². The van der Waals surface area contributed by atoms with Gasteiger partial charge in [-0.2, -0.15) is 0 Å². The van der Waals surface area contributed by atoms with Gasteiger partial charge in [-0.05, 0) is 51.6 Å². The number of piperidine rings is 1. The van der Waals surface area contributed by atoms with Gasteiger partial charge in [0.1, 0.15) is 0 Å². The Bertz CT molecular complexity index is 217. The summed E-state index contributed by atoms with van der Waals surface area (Å²) >= 11 is 0. The first-order valence-corrected chi connectivity index (χ1v) is 5.59. The fraction of sp³-hybridized carbons (Fsp3) is 0.909. The molecular formula is C11H19NO2. The summed E-state index contributed by atoms with van der Waals surface area (Å²) in [6.07, 6.45) is 4.31. The number of carbonyl (C=O) groups is 1. The third-order valence-electron chi connectivity index (χ3n) is 3.35. The van der Waals surface area contributed by atoms with Crippen LogP contribution in [0.3, 0.4) is 0 Å². The van der Waals surface area contributed by atoms with E-state index in [1.807, 2.05) is 6.92 Å². The molecule has 0 aromatic carbocycles. The van der Waals surface area contributed by atoms with Gasteiger partial charge in [-0.3, -0.25) is 4.79 Å². The summed E-state index contributed by atoms with van der Waals surface area (Å²) < 4.78 is 5.34. The molecule has 80 valence electrons. The smallest absolute Gasteiger partial charge is 0.311 e. The lowest BCUT2D eigenvalue weighted by molar-refractivity contribution is -0.157. The van der Waals surface area contributed by atoms with Crippen LogP contribution in [-0.2, 0) is 9.53 Å². The normalized spacial score (nSPS) is 25.8. The minimum Gasteiger partial charge on any atom is -0.465 e. The van der Waals surface area contributed by atoms with Gasteiger partial charge in [-0.15, -0.1) is 0 Å². The summed E-state index contributed by atoms with van der Waals surface area (Å²) in [5, 5.41) is 3.26. The van der Waals surface area contributed by atoms with Crippen molar-refractivity contribution in [2.24, 2.45) is 11.3 Å². The lowest BCUT2D eigenvalue weighted by Gasteiger charge is -2.31.